The lowest BCUT2D eigenvalue weighted by Crippen LogP contribution is -2.44. The molecule has 128 valence electrons. The van der Waals surface area contributed by atoms with E-state index in [-0.39, 0.29) is 24.2 Å². The van der Waals surface area contributed by atoms with Crippen LogP contribution in [0.4, 0.5) is 4.39 Å². The highest BCUT2D eigenvalue weighted by molar-refractivity contribution is 6.99. The van der Waals surface area contributed by atoms with Gasteiger partial charge in [0.15, 0.2) is 6.61 Å². The first kappa shape index (κ1) is 16.8. The van der Waals surface area contributed by atoms with Crippen LogP contribution in [0.5, 0.6) is 5.88 Å². The highest BCUT2D eigenvalue weighted by Crippen LogP contribution is 2.28. The first-order valence-electron chi connectivity index (χ1n) is 8.02. The van der Waals surface area contributed by atoms with E-state index in [4.69, 9.17) is 4.74 Å². The van der Waals surface area contributed by atoms with Gasteiger partial charge in [-0.2, -0.15) is 4.37 Å². The lowest BCUT2D eigenvalue weighted by atomic mass is 9.92. The van der Waals surface area contributed by atoms with Crippen molar-refractivity contribution >= 4 is 17.6 Å². The Kier molecular flexibility index (Phi) is 5.08. The highest BCUT2D eigenvalue weighted by Gasteiger charge is 2.26. The van der Waals surface area contributed by atoms with E-state index in [0.29, 0.717) is 23.1 Å². The maximum absolute atomic E-state index is 13.4. The number of carbonyl (C=O) groups excluding carboxylic acids is 1. The molecule has 2 atom stereocenters. The number of piperidine rings is 1. The summed E-state index contributed by atoms with van der Waals surface area (Å²) in [5.74, 6) is 0.880. The number of rotatable bonds is 4. The van der Waals surface area contributed by atoms with Gasteiger partial charge in [0.05, 0.1) is 11.7 Å². The van der Waals surface area contributed by atoms with Crippen LogP contribution in [0.3, 0.4) is 0 Å². The molecule has 2 aromatic rings. The Hall–Kier alpha value is -2.02. The molecule has 1 amide bonds. The molecule has 5 nitrogen and oxygen atoms in total. The second kappa shape index (κ2) is 7.25. The number of amides is 1. The molecule has 1 aliphatic rings. The minimum atomic E-state index is -0.348. The zero-order valence-electron chi connectivity index (χ0n) is 13.7. The summed E-state index contributed by atoms with van der Waals surface area (Å²) in [5, 5.41) is 0. The molecule has 2 heterocycles. The van der Waals surface area contributed by atoms with Gasteiger partial charge in [-0.15, -0.1) is 4.37 Å². The third-order valence-corrected chi connectivity index (χ3v) is 4.62. The molecule has 1 aromatic carbocycles. The molecule has 0 radical (unpaired) electrons. The average molecular weight is 349 g/mol. The van der Waals surface area contributed by atoms with Gasteiger partial charge in [0, 0.05) is 18.7 Å². The average Bonchev–Trinajstić information content (AvgIpc) is 3.00. The number of ether oxygens (including phenoxy) is 1. The Balaban J connectivity index is 1.65. The molecule has 1 saturated heterocycles. The van der Waals surface area contributed by atoms with Crippen molar-refractivity contribution in [1.82, 2.24) is 13.6 Å². The van der Waals surface area contributed by atoms with Gasteiger partial charge in [-0.1, -0.05) is 26.0 Å². The second-order valence-electron chi connectivity index (χ2n) is 6.46. The third-order valence-electron chi connectivity index (χ3n) is 4.11. The van der Waals surface area contributed by atoms with E-state index in [9.17, 15) is 9.18 Å². The summed E-state index contributed by atoms with van der Waals surface area (Å²) in [5.41, 5.74) is 1.05. The van der Waals surface area contributed by atoms with Gasteiger partial charge >= 0.3 is 0 Å². The minimum absolute atomic E-state index is 0.0495. The maximum atomic E-state index is 13.4. The highest BCUT2D eigenvalue weighted by atomic mass is 32.1. The summed E-state index contributed by atoms with van der Waals surface area (Å²) < 4.78 is 27.2. The van der Waals surface area contributed by atoms with E-state index >= 15 is 0 Å². The van der Waals surface area contributed by atoms with Crippen LogP contribution in [0.25, 0.3) is 11.3 Å². The van der Waals surface area contributed by atoms with Gasteiger partial charge in [-0.05, 0) is 30.4 Å². The van der Waals surface area contributed by atoms with Gasteiger partial charge < -0.3 is 9.64 Å². The molecule has 0 N–H and O–H groups in total. The fraction of sp³-hybridized carbons (Fsp3) is 0.471. The van der Waals surface area contributed by atoms with E-state index in [1.54, 1.807) is 12.1 Å². The summed E-state index contributed by atoms with van der Waals surface area (Å²) in [4.78, 5) is 14.2. The van der Waals surface area contributed by atoms with Crippen molar-refractivity contribution in [2.75, 3.05) is 19.7 Å². The Morgan fingerprint density at radius 2 is 2.08 bits per heavy atom. The smallest absolute Gasteiger partial charge is 0.260 e. The lowest BCUT2D eigenvalue weighted by molar-refractivity contribution is -0.136. The quantitative estimate of drug-likeness (QED) is 0.850. The first-order valence-corrected chi connectivity index (χ1v) is 8.75. The Morgan fingerprint density at radius 1 is 1.33 bits per heavy atom. The largest absolute Gasteiger partial charge is 0.465 e. The summed E-state index contributed by atoms with van der Waals surface area (Å²) in [6.07, 6.45) is 1.14. The van der Waals surface area contributed by atoms with Crippen LogP contribution in [0.2, 0.25) is 0 Å². The Bertz CT molecular complexity index is 711. The molecule has 0 bridgehead atoms. The summed E-state index contributed by atoms with van der Waals surface area (Å²) in [7, 11) is 0. The molecule has 2 unspecified atom stereocenters. The van der Waals surface area contributed by atoms with Crippen molar-refractivity contribution in [3.05, 3.63) is 30.1 Å². The Morgan fingerprint density at radius 3 is 2.79 bits per heavy atom. The molecule has 0 spiro atoms. The van der Waals surface area contributed by atoms with Gasteiger partial charge in [-0.3, -0.25) is 4.79 Å². The van der Waals surface area contributed by atoms with E-state index < -0.39 is 0 Å². The molecule has 1 fully saturated rings. The number of aromatic nitrogens is 2. The van der Waals surface area contributed by atoms with E-state index in [2.05, 4.69) is 22.6 Å². The summed E-state index contributed by atoms with van der Waals surface area (Å²) >= 11 is 0.983. The Labute approximate surface area is 144 Å². The van der Waals surface area contributed by atoms with E-state index in [1.165, 1.54) is 12.1 Å². The van der Waals surface area contributed by atoms with Crippen molar-refractivity contribution in [2.45, 2.75) is 20.3 Å². The molecule has 1 aromatic heterocycles. The standard InChI is InChI=1S/C17H20FN3O2S/c1-11-6-12(2)9-21(8-11)15(22)10-23-17-16(19-24-20-17)13-4-3-5-14(18)7-13/h3-5,7,11-12H,6,8-10H2,1-2H3. The molecular weight excluding hydrogens is 329 g/mol. The van der Waals surface area contributed by atoms with Crippen molar-refractivity contribution in [2.24, 2.45) is 11.8 Å². The van der Waals surface area contributed by atoms with Crippen LogP contribution in [0.15, 0.2) is 24.3 Å². The van der Waals surface area contributed by atoms with Crippen LogP contribution >= 0.6 is 11.7 Å². The molecule has 0 saturated carbocycles. The van der Waals surface area contributed by atoms with Gasteiger partial charge in [-0.25, -0.2) is 4.39 Å². The summed E-state index contributed by atoms with van der Waals surface area (Å²) in [6, 6.07) is 6.09. The number of carbonyl (C=O) groups is 1. The predicted molar refractivity (Wildman–Crippen MR) is 90.3 cm³/mol. The topological polar surface area (TPSA) is 55.3 Å². The molecule has 7 heteroatoms. The van der Waals surface area contributed by atoms with E-state index in [1.807, 2.05) is 4.90 Å². The second-order valence-corrected chi connectivity index (χ2v) is 6.99. The van der Waals surface area contributed by atoms with Crippen molar-refractivity contribution in [1.29, 1.82) is 0 Å². The maximum Gasteiger partial charge on any atom is 0.260 e. The fourth-order valence-corrected chi connectivity index (χ4v) is 3.69. The fourth-order valence-electron chi connectivity index (χ4n) is 3.18. The van der Waals surface area contributed by atoms with Gasteiger partial charge in [0.2, 0.25) is 0 Å². The third kappa shape index (κ3) is 3.90. The van der Waals surface area contributed by atoms with Gasteiger partial charge in [0.25, 0.3) is 11.8 Å². The minimum Gasteiger partial charge on any atom is -0.465 e. The number of halogens is 1. The van der Waals surface area contributed by atoms with Crippen molar-refractivity contribution < 1.29 is 13.9 Å². The zero-order valence-corrected chi connectivity index (χ0v) is 14.6. The number of benzene rings is 1. The number of hydrogen-bond donors (Lipinski definition) is 0. The molecular formula is C17H20FN3O2S. The van der Waals surface area contributed by atoms with Crippen LogP contribution in [0.1, 0.15) is 20.3 Å². The van der Waals surface area contributed by atoms with Crippen molar-refractivity contribution in [3.8, 4) is 17.1 Å². The lowest BCUT2D eigenvalue weighted by Gasteiger charge is -2.34. The van der Waals surface area contributed by atoms with Crippen LogP contribution < -0.4 is 4.74 Å². The van der Waals surface area contributed by atoms with E-state index in [0.717, 1.165) is 31.2 Å². The van der Waals surface area contributed by atoms with Crippen LogP contribution in [-0.4, -0.2) is 39.3 Å². The number of nitrogens with zero attached hydrogens (tertiary/aromatic N) is 3. The first-order chi connectivity index (χ1) is 11.5. The monoisotopic (exact) mass is 349 g/mol. The normalized spacial score (nSPS) is 20.9. The van der Waals surface area contributed by atoms with Gasteiger partial charge in [0.1, 0.15) is 11.5 Å². The van der Waals surface area contributed by atoms with Crippen LogP contribution in [-0.2, 0) is 4.79 Å². The predicted octanol–water partition coefficient (Wildman–Crippen LogP) is 3.23. The number of likely N-dealkylation sites (tertiary alicyclic amines) is 1. The van der Waals surface area contributed by atoms with Crippen LogP contribution in [0, 0.1) is 17.7 Å². The molecule has 0 aliphatic carbocycles. The SMILES string of the molecule is CC1CC(C)CN(C(=O)COc2nsnc2-c2cccc(F)c2)C1. The molecule has 1 aliphatic heterocycles. The zero-order chi connectivity index (χ0) is 17.1. The van der Waals surface area contributed by atoms with Crippen molar-refractivity contribution in [3.63, 3.8) is 0 Å². The number of hydrogen-bond acceptors (Lipinski definition) is 5. The molecule has 24 heavy (non-hydrogen) atoms. The molecule has 3 rings (SSSR count). The summed E-state index contributed by atoms with van der Waals surface area (Å²) in [6.45, 7) is 5.76.